The molecule has 1 aromatic rings. The summed E-state index contributed by atoms with van der Waals surface area (Å²) in [6.45, 7) is 5.19. The Morgan fingerprint density at radius 2 is 2.06 bits per heavy atom. The molecule has 0 unspecified atom stereocenters. The Balaban J connectivity index is 2.57. The van der Waals surface area contributed by atoms with E-state index in [0.29, 0.717) is 13.0 Å². The highest BCUT2D eigenvalue weighted by Gasteiger charge is 2.09. The van der Waals surface area contributed by atoms with Crippen molar-refractivity contribution in [2.75, 3.05) is 20.3 Å². The molecule has 1 aromatic carbocycles. The van der Waals surface area contributed by atoms with Crippen LogP contribution < -0.4 is 4.74 Å². The highest BCUT2D eigenvalue weighted by Crippen LogP contribution is 2.18. The molecule has 0 fully saturated rings. The predicted molar refractivity (Wildman–Crippen MR) is 67.8 cm³/mol. The van der Waals surface area contributed by atoms with Gasteiger partial charge < -0.3 is 9.47 Å². The van der Waals surface area contributed by atoms with Crippen LogP contribution in [0.5, 0.6) is 5.75 Å². The van der Waals surface area contributed by atoms with E-state index in [1.807, 2.05) is 25.1 Å². The normalized spacial score (nSPS) is 10.3. The van der Waals surface area contributed by atoms with Crippen LogP contribution in [-0.4, -0.2) is 26.1 Å². The monoisotopic (exact) mass is 236 g/mol. The Hall–Kier alpha value is -1.35. The van der Waals surface area contributed by atoms with E-state index in [1.165, 1.54) is 0 Å². The molecule has 1 rings (SSSR count). The lowest BCUT2D eigenvalue weighted by molar-refractivity contribution is 0.0878. The zero-order valence-electron chi connectivity index (χ0n) is 10.8. The predicted octanol–water partition coefficient (Wildman–Crippen LogP) is 3.00. The molecule has 0 atom stereocenters. The van der Waals surface area contributed by atoms with Crippen LogP contribution in [0.3, 0.4) is 0 Å². The molecule has 0 saturated carbocycles. The molecule has 0 amide bonds. The van der Waals surface area contributed by atoms with Crippen molar-refractivity contribution in [3.8, 4) is 5.75 Å². The first-order valence-electron chi connectivity index (χ1n) is 5.94. The van der Waals surface area contributed by atoms with E-state index < -0.39 is 0 Å². The summed E-state index contributed by atoms with van der Waals surface area (Å²) in [7, 11) is 1.62. The number of benzene rings is 1. The third-order valence-electron chi connectivity index (χ3n) is 2.56. The number of rotatable bonds is 7. The lowest BCUT2D eigenvalue weighted by Gasteiger charge is -2.07. The van der Waals surface area contributed by atoms with Crippen molar-refractivity contribution in [1.29, 1.82) is 0 Å². The van der Waals surface area contributed by atoms with Crippen LogP contribution in [0.25, 0.3) is 0 Å². The second-order valence-electron chi connectivity index (χ2n) is 3.97. The zero-order valence-corrected chi connectivity index (χ0v) is 10.8. The minimum absolute atomic E-state index is 0.126. The summed E-state index contributed by atoms with van der Waals surface area (Å²) < 4.78 is 10.4. The van der Waals surface area contributed by atoms with Gasteiger partial charge in [0.15, 0.2) is 5.78 Å². The molecular weight excluding hydrogens is 216 g/mol. The Labute approximate surface area is 103 Å². The molecule has 94 valence electrons. The average molecular weight is 236 g/mol. The average Bonchev–Trinajstić information content (AvgIpc) is 2.34. The minimum atomic E-state index is 0.126. The second kappa shape index (κ2) is 7.07. The van der Waals surface area contributed by atoms with Gasteiger partial charge in [0.05, 0.1) is 13.7 Å². The fourth-order valence-electron chi connectivity index (χ4n) is 1.62. The highest BCUT2D eigenvalue weighted by atomic mass is 16.5. The van der Waals surface area contributed by atoms with E-state index in [0.717, 1.165) is 29.9 Å². The van der Waals surface area contributed by atoms with Crippen molar-refractivity contribution in [3.05, 3.63) is 29.3 Å². The quantitative estimate of drug-likeness (QED) is 0.539. The van der Waals surface area contributed by atoms with Crippen molar-refractivity contribution in [1.82, 2.24) is 0 Å². The van der Waals surface area contributed by atoms with E-state index in [9.17, 15) is 4.79 Å². The minimum Gasteiger partial charge on any atom is -0.497 e. The molecular formula is C14H20O3. The summed E-state index contributed by atoms with van der Waals surface area (Å²) in [5, 5.41) is 0. The SMILES string of the molecule is CCCOCCC(=O)c1ccc(OC)cc1C. The Morgan fingerprint density at radius 3 is 2.65 bits per heavy atom. The van der Waals surface area contributed by atoms with Gasteiger partial charge in [0.1, 0.15) is 5.75 Å². The molecule has 0 N–H and O–H groups in total. The molecule has 3 heteroatoms. The van der Waals surface area contributed by atoms with E-state index in [2.05, 4.69) is 6.92 Å². The largest absolute Gasteiger partial charge is 0.497 e. The van der Waals surface area contributed by atoms with Gasteiger partial charge >= 0.3 is 0 Å². The van der Waals surface area contributed by atoms with Gasteiger partial charge in [-0.15, -0.1) is 0 Å². The number of carbonyl (C=O) groups excluding carboxylic acids is 1. The first kappa shape index (κ1) is 13.7. The van der Waals surface area contributed by atoms with Crippen molar-refractivity contribution in [2.24, 2.45) is 0 Å². The van der Waals surface area contributed by atoms with Gasteiger partial charge in [0, 0.05) is 18.6 Å². The number of ether oxygens (including phenoxy) is 2. The number of ketones is 1. The molecule has 3 nitrogen and oxygen atoms in total. The van der Waals surface area contributed by atoms with Crippen molar-refractivity contribution in [3.63, 3.8) is 0 Å². The molecule has 0 spiro atoms. The zero-order chi connectivity index (χ0) is 12.7. The van der Waals surface area contributed by atoms with Gasteiger partial charge in [-0.05, 0) is 37.1 Å². The number of carbonyl (C=O) groups is 1. The summed E-state index contributed by atoms with van der Waals surface area (Å²) in [6, 6.07) is 5.50. The molecule has 0 bridgehead atoms. The maximum atomic E-state index is 11.9. The van der Waals surface area contributed by atoms with Gasteiger partial charge in [-0.3, -0.25) is 4.79 Å². The lowest BCUT2D eigenvalue weighted by atomic mass is 10.0. The first-order valence-corrected chi connectivity index (χ1v) is 5.94. The summed E-state index contributed by atoms with van der Waals surface area (Å²) in [5.41, 5.74) is 1.70. The molecule has 0 saturated heterocycles. The summed E-state index contributed by atoms with van der Waals surface area (Å²) in [5.74, 6) is 0.905. The van der Waals surface area contributed by atoms with Gasteiger partial charge in [-0.25, -0.2) is 0 Å². The maximum absolute atomic E-state index is 11.9. The van der Waals surface area contributed by atoms with Crippen LogP contribution in [0.4, 0.5) is 0 Å². The molecule has 0 aliphatic rings. The van der Waals surface area contributed by atoms with E-state index in [-0.39, 0.29) is 5.78 Å². The summed E-state index contributed by atoms with van der Waals surface area (Å²) in [6.07, 6.45) is 1.42. The third-order valence-corrected chi connectivity index (χ3v) is 2.56. The van der Waals surface area contributed by atoms with Crippen LogP contribution in [-0.2, 0) is 4.74 Å². The molecule has 0 radical (unpaired) electrons. The topological polar surface area (TPSA) is 35.5 Å². The number of methoxy groups -OCH3 is 1. The highest BCUT2D eigenvalue weighted by molar-refractivity contribution is 5.97. The third kappa shape index (κ3) is 4.19. The summed E-state index contributed by atoms with van der Waals surface area (Å²) in [4.78, 5) is 11.9. The molecule has 17 heavy (non-hydrogen) atoms. The van der Waals surface area contributed by atoms with Gasteiger partial charge in [0.25, 0.3) is 0 Å². The first-order chi connectivity index (χ1) is 8.19. The van der Waals surface area contributed by atoms with Crippen molar-refractivity contribution < 1.29 is 14.3 Å². The van der Waals surface area contributed by atoms with Crippen LogP contribution in [0, 0.1) is 6.92 Å². The van der Waals surface area contributed by atoms with E-state index in [4.69, 9.17) is 9.47 Å². The van der Waals surface area contributed by atoms with Crippen molar-refractivity contribution >= 4 is 5.78 Å². The molecule has 0 heterocycles. The molecule has 0 aliphatic heterocycles. The summed E-state index contributed by atoms with van der Waals surface area (Å²) >= 11 is 0. The van der Waals surface area contributed by atoms with Crippen LogP contribution in [0.15, 0.2) is 18.2 Å². The fourth-order valence-corrected chi connectivity index (χ4v) is 1.62. The second-order valence-corrected chi connectivity index (χ2v) is 3.97. The van der Waals surface area contributed by atoms with Crippen LogP contribution in [0.2, 0.25) is 0 Å². The molecule has 0 aliphatic carbocycles. The van der Waals surface area contributed by atoms with E-state index in [1.54, 1.807) is 7.11 Å². The number of hydrogen-bond donors (Lipinski definition) is 0. The van der Waals surface area contributed by atoms with Gasteiger partial charge in [0.2, 0.25) is 0 Å². The molecule has 0 aromatic heterocycles. The fraction of sp³-hybridized carbons (Fsp3) is 0.500. The van der Waals surface area contributed by atoms with Crippen LogP contribution >= 0.6 is 0 Å². The smallest absolute Gasteiger partial charge is 0.165 e. The Kier molecular flexibility index (Phi) is 5.70. The Morgan fingerprint density at radius 1 is 1.29 bits per heavy atom. The number of Topliss-reactive ketones (excluding diaryl/α,β-unsaturated/α-hetero) is 1. The van der Waals surface area contributed by atoms with Gasteiger partial charge in [-0.1, -0.05) is 6.92 Å². The van der Waals surface area contributed by atoms with Gasteiger partial charge in [-0.2, -0.15) is 0 Å². The number of hydrogen-bond acceptors (Lipinski definition) is 3. The van der Waals surface area contributed by atoms with E-state index >= 15 is 0 Å². The number of aryl methyl sites for hydroxylation is 1. The maximum Gasteiger partial charge on any atom is 0.165 e. The van der Waals surface area contributed by atoms with Crippen molar-refractivity contribution in [2.45, 2.75) is 26.7 Å². The standard InChI is InChI=1S/C14H20O3/c1-4-8-17-9-7-14(15)13-6-5-12(16-3)10-11(13)2/h5-6,10H,4,7-9H2,1-3H3. The Bertz CT molecular complexity index is 372. The van der Waals surface area contributed by atoms with Crippen LogP contribution in [0.1, 0.15) is 35.7 Å². The lowest BCUT2D eigenvalue weighted by Crippen LogP contribution is -2.07.